The van der Waals surface area contributed by atoms with Crippen LogP contribution in [0, 0.1) is 0 Å². The second-order valence-electron chi connectivity index (χ2n) is 4.47. The molecule has 0 saturated carbocycles. The summed E-state index contributed by atoms with van der Waals surface area (Å²) in [5, 5.41) is 4.64. The lowest BCUT2D eigenvalue weighted by Gasteiger charge is -2.12. The monoisotopic (exact) mass is 228 g/mol. The maximum Gasteiger partial charge on any atom is 0.119 e. The van der Waals surface area contributed by atoms with Crippen LogP contribution >= 0.6 is 0 Å². The Balaban J connectivity index is 2.15. The summed E-state index contributed by atoms with van der Waals surface area (Å²) in [6.45, 7) is 2.18. The van der Waals surface area contributed by atoms with Gasteiger partial charge < -0.3 is 10.1 Å². The van der Waals surface area contributed by atoms with Crippen molar-refractivity contribution in [2.75, 3.05) is 20.2 Å². The first-order valence-corrected chi connectivity index (χ1v) is 6.02. The van der Waals surface area contributed by atoms with E-state index in [2.05, 4.69) is 22.4 Å². The molecule has 0 radical (unpaired) electrons. The highest BCUT2D eigenvalue weighted by Gasteiger charge is 2.18. The van der Waals surface area contributed by atoms with Crippen LogP contribution in [0.25, 0.3) is 10.9 Å². The van der Waals surface area contributed by atoms with Crippen LogP contribution in [-0.4, -0.2) is 25.2 Å². The Labute approximate surface area is 101 Å². The summed E-state index contributed by atoms with van der Waals surface area (Å²) < 4.78 is 5.30. The van der Waals surface area contributed by atoms with Crippen molar-refractivity contribution in [3.63, 3.8) is 0 Å². The molecule has 3 rings (SSSR count). The van der Waals surface area contributed by atoms with Gasteiger partial charge in [-0.15, -0.1) is 0 Å². The summed E-state index contributed by atoms with van der Waals surface area (Å²) in [6.07, 6.45) is 3.11. The zero-order valence-electron chi connectivity index (χ0n) is 9.94. The predicted molar refractivity (Wildman–Crippen MR) is 68.5 cm³/mol. The first kappa shape index (κ1) is 10.5. The van der Waals surface area contributed by atoms with Gasteiger partial charge in [0.15, 0.2) is 0 Å². The molecule has 1 unspecified atom stereocenters. The first-order valence-electron chi connectivity index (χ1n) is 6.02. The molecule has 1 saturated heterocycles. The van der Waals surface area contributed by atoms with Crippen LogP contribution in [0.4, 0.5) is 0 Å². The lowest BCUT2D eigenvalue weighted by atomic mass is 9.95. The van der Waals surface area contributed by atoms with Gasteiger partial charge in [0, 0.05) is 18.1 Å². The molecule has 1 aromatic heterocycles. The molecular formula is C14H16N2O. The van der Waals surface area contributed by atoms with Crippen molar-refractivity contribution < 1.29 is 4.74 Å². The van der Waals surface area contributed by atoms with E-state index in [0.29, 0.717) is 5.92 Å². The fraction of sp³-hybridized carbons (Fsp3) is 0.357. The number of hydrogen-bond donors (Lipinski definition) is 1. The SMILES string of the molecule is COc1ccc2nccc(C3CCNC3)c2c1. The minimum Gasteiger partial charge on any atom is -0.497 e. The molecule has 0 spiro atoms. The molecule has 17 heavy (non-hydrogen) atoms. The van der Waals surface area contributed by atoms with Crippen molar-refractivity contribution in [3.05, 3.63) is 36.0 Å². The molecule has 0 amide bonds. The molecule has 1 atom stereocenters. The Hall–Kier alpha value is -1.61. The van der Waals surface area contributed by atoms with E-state index >= 15 is 0 Å². The molecule has 0 aliphatic carbocycles. The number of nitrogens with one attached hydrogen (secondary N) is 1. The number of methoxy groups -OCH3 is 1. The van der Waals surface area contributed by atoms with E-state index in [9.17, 15) is 0 Å². The highest BCUT2D eigenvalue weighted by Crippen LogP contribution is 2.30. The topological polar surface area (TPSA) is 34.1 Å². The van der Waals surface area contributed by atoms with Gasteiger partial charge in [-0.2, -0.15) is 0 Å². The lowest BCUT2D eigenvalue weighted by molar-refractivity contribution is 0.415. The number of ether oxygens (including phenoxy) is 1. The molecule has 1 fully saturated rings. The number of fused-ring (bicyclic) bond motifs is 1. The number of pyridine rings is 1. The normalized spacial score (nSPS) is 19.7. The standard InChI is InChI=1S/C14H16N2O/c1-17-11-2-3-14-13(8-11)12(5-7-16-14)10-4-6-15-9-10/h2-3,5,7-8,10,15H,4,6,9H2,1H3. The average Bonchev–Trinajstić information content (AvgIpc) is 2.91. The summed E-state index contributed by atoms with van der Waals surface area (Å²) in [6, 6.07) is 8.22. The smallest absolute Gasteiger partial charge is 0.119 e. The Bertz CT molecular complexity index is 533. The lowest BCUT2D eigenvalue weighted by Crippen LogP contribution is -2.08. The molecule has 2 heterocycles. The minimum absolute atomic E-state index is 0.604. The largest absolute Gasteiger partial charge is 0.497 e. The van der Waals surface area contributed by atoms with E-state index in [1.54, 1.807) is 7.11 Å². The molecule has 3 nitrogen and oxygen atoms in total. The van der Waals surface area contributed by atoms with Gasteiger partial charge in [-0.3, -0.25) is 4.98 Å². The summed E-state index contributed by atoms with van der Waals surface area (Å²) in [7, 11) is 1.70. The van der Waals surface area contributed by atoms with E-state index in [4.69, 9.17) is 4.74 Å². The molecule has 2 aromatic rings. The third-order valence-electron chi connectivity index (χ3n) is 3.48. The number of aromatic nitrogens is 1. The van der Waals surface area contributed by atoms with Crippen molar-refractivity contribution in [1.82, 2.24) is 10.3 Å². The van der Waals surface area contributed by atoms with Crippen LogP contribution in [0.15, 0.2) is 30.5 Å². The van der Waals surface area contributed by atoms with Crippen LogP contribution in [-0.2, 0) is 0 Å². The van der Waals surface area contributed by atoms with E-state index in [1.165, 1.54) is 17.4 Å². The van der Waals surface area contributed by atoms with Gasteiger partial charge in [0.25, 0.3) is 0 Å². The van der Waals surface area contributed by atoms with Gasteiger partial charge in [0.2, 0.25) is 0 Å². The molecular weight excluding hydrogens is 212 g/mol. The summed E-state index contributed by atoms with van der Waals surface area (Å²) in [5.41, 5.74) is 2.44. The van der Waals surface area contributed by atoms with Crippen LogP contribution in [0.3, 0.4) is 0 Å². The first-order chi connectivity index (χ1) is 8.38. The number of benzene rings is 1. The van der Waals surface area contributed by atoms with Gasteiger partial charge >= 0.3 is 0 Å². The molecule has 1 aromatic carbocycles. The maximum absolute atomic E-state index is 5.30. The third kappa shape index (κ3) is 1.87. The van der Waals surface area contributed by atoms with E-state index in [0.717, 1.165) is 24.4 Å². The Morgan fingerprint density at radius 2 is 2.29 bits per heavy atom. The molecule has 1 aliphatic rings. The number of hydrogen-bond acceptors (Lipinski definition) is 3. The number of nitrogens with zero attached hydrogens (tertiary/aromatic N) is 1. The van der Waals surface area contributed by atoms with Gasteiger partial charge in [0.1, 0.15) is 5.75 Å². The molecule has 3 heteroatoms. The zero-order valence-corrected chi connectivity index (χ0v) is 9.94. The minimum atomic E-state index is 0.604. The molecule has 1 aliphatic heterocycles. The second-order valence-corrected chi connectivity index (χ2v) is 4.47. The Morgan fingerprint density at radius 3 is 3.06 bits per heavy atom. The quantitative estimate of drug-likeness (QED) is 0.856. The fourth-order valence-electron chi connectivity index (χ4n) is 2.55. The Morgan fingerprint density at radius 1 is 1.35 bits per heavy atom. The second kappa shape index (κ2) is 4.34. The summed E-state index contributed by atoms with van der Waals surface area (Å²) in [4.78, 5) is 4.41. The van der Waals surface area contributed by atoms with Crippen LogP contribution < -0.4 is 10.1 Å². The van der Waals surface area contributed by atoms with E-state index in [1.807, 2.05) is 18.3 Å². The van der Waals surface area contributed by atoms with Crippen molar-refractivity contribution in [2.24, 2.45) is 0 Å². The third-order valence-corrected chi connectivity index (χ3v) is 3.48. The van der Waals surface area contributed by atoms with Gasteiger partial charge in [-0.25, -0.2) is 0 Å². The highest BCUT2D eigenvalue weighted by atomic mass is 16.5. The maximum atomic E-state index is 5.30. The van der Waals surface area contributed by atoms with Crippen LogP contribution in [0.1, 0.15) is 17.9 Å². The highest BCUT2D eigenvalue weighted by molar-refractivity contribution is 5.84. The summed E-state index contributed by atoms with van der Waals surface area (Å²) in [5.74, 6) is 1.50. The van der Waals surface area contributed by atoms with Gasteiger partial charge in [-0.05, 0) is 48.7 Å². The fourth-order valence-corrected chi connectivity index (χ4v) is 2.55. The van der Waals surface area contributed by atoms with Crippen molar-refractivity contribution >= 4 is 10.9 Å². The Kier molecular flexibility index (Phi) is 2.69. The van der Waals surface area contributed by atoms with Crippen molar-refractivity contribution in [3.8, 4) is 5.75 Å². The predicted octanol–water partition coefficient (Wildman–Crippen LogP) is 2.32. The van der Waals surface area contributed by atoms with Crippen LogP contribution in [0.5, 0.6) is 5.75 Å². The molecule has 88 valence electrons. The van der Waals surface area contributed by atoms with Crippen LogP contribution in [0.2, 0.25) is 0 Å². The van der Waals surface area contributed by atoms with E-state index in [-0.39, 0.29) is 0 Å². The van der Waals surface area contributed by atoms with Crippen molar-refractivity contribution in [1.29, 1.82) is 0 Å². The van der Waals surface area contributed by atoms with Gasteiger partial charge in [0.05, 0.1) is 12.6 Å². The van der Waals surface area contributed by atoms with E-state index < -0.39 is 0 Å². The number of rotatable bonds is 2. The zero-order chi connectivity index (χ0) is 11.7. The summed E-state index contributed by atoms with van der Waals surface area (Å²) >= 11 is 0. The molecule has 0 bridgehead atoms. The average molecular weight is 228 g/mol. The molecule has 1 N–H and O–H groups in total. The van der Waals surface area contributed by atoms with Crippen molar-refractivity contribution in [2.45, 2.75) is 12.3 Å². The van der Waals surface area contributed by atoms with Gasteiger partial charge in [-0.1, -0.05) is 0 Å².